The van der Waals surface area contributed by atoms with E-state index in [-0.39, 0.29) is 0 Å². The van der Waals surface area contributed by atoms with Gasteiger partial charge in [-0.25, -0.2) is 0 Å². The van der Waals surface area contributed by atoms with Crippen molar-refractivity contribution in [3.05, 3.63) is 64.9 Å². The molecule has 0 amide bonds. The Labute approximate surface area is 115 Å². The summed E-state index contributed by atoms with van der Waals surface area (Å²) in [6.45, 7) is 7.90. The fourth-order valence-corrected chi connectivity index (χ4v) is 2.53. The second kappa shape index (κ2) is 5.31. The maximum absolute atomic E-state index is 9.69. The first-order valence-corrected chi connectivity index (χ1v) is 6.54. The highest BCUT2D eigenvalue weighted by molar-refractivity contribution is 5.75. The van der Waals surface area contributed by atoms with Crippen molar-refractivity contribution in [1.29, 1.82) is 0 Å². The molecule has 0 spiro atoms. The molecule has 1 heteroatoms. The zero-order chi connectivity index (χ0) is 14.0. The van der Waals surface area contributed by atoms with E-state index < -0.39 is 0 Å². The van der Waals surface area contributed by atoms with Crippen LogP contribution >= 0.6 is 0 Å². The molecule has 2 aromatic rings. The molecule has 0 atom stereocenters. The molecule has 0 aliphatic carbocycles. The van der Waals surface area contributed by atoms with Gasteiger partial charge in [0, 0.05) is 0 Å². The first-order valence-electron chi connectivity index (χ1n) is 6.54. The summed E-state index contributed by atoms with van der Waals surface area (Å²) >= 11 is 0. The molecule has 0 radical (unpaired) electrons. The monoisotopic (exact) mass is 252 g/mol. The molecular weight excluding hydrogens is 232 g/mol. The van der Waals surface area contributed by atoms with Crippen LogP contribution in [0.2, 0.25) is 0 Å². The molecule has 0 saturated carbocycles. The minimum atomic E-state index is 0.388. The Bertz CT molecular complexity index is 594. The maximum atomic E-state index is 9.69. The maximum Gasteiger partial charge on any atom is 0.0926 e. The van der Waals surface area contributed by atoms with Gasteiger partial charge in [-0.05, 0) is 61.1 Å². The minimum absolute atomic E-state index is 0.388. The van der Waals surface area contributed by atoms with Crippen molar-refractivity contribution >= 4 is 5.57 Å². The molecule has 19 heavy (non-hydrogen) atoms. The molecule has 1 nitrogen and oxygen atoms in total. The summed E-state index contributed by atoms with van der Waals surface area (Å²) in [4.78, 5) is 0. The van der Waals surface area contributed by atoms with Crippen LogP contribution in [-0.4, -0.2) is 5.11 Å². The molecule has 0 fully saturated rings. The van der Waals surface area contributed by atoms with Crippen LogP contribution in [0.5, 0.6) is 0 Å². The van der Waals surface area contributed by atoms with Gasteiger partial charge in [0.15, 0.2) is 0 Å². The number of benzene rings is 2. The Hall–Kier alpha value is -2.02. The summed E-state index contributed by atoms with van der Waals surface area (Å²) < 4.78 is 0. The van der Waals surface area contributed by atoms with Crippen molar-refractivity contribution in [2.24, 2.45) is 0 Å². The van der Waals surface area contributed by atoms with Crippen LogP contribution in [0.15, 0.2) is 48.2 Å². The van der Waals surface area contributed by atoms with E-state index in [0.29, 0.717) is 5.76 Å². The highest BCUT2D eigenvalue weighted by Crippen LogP contribution is 2.30. The largest absolute Gasteiger partial charge is 0.512 e. The smallest absolute Gasteiger partial charge is 0.0926 e. The Morgan fingerprint density at radius 3 is 1.84 bits per heavy atom. The topological polar surface area (TPSA) is 20.2 Å². The van der Waals surface area contributed by atoms with Crippen molar-refractivity contribution in [2.75, 3.05) is 0 Å². The van der Waals surface area contributed by atoms with Crippen LogP contribution in [0.3, 0.4) is 0 Å². The second-order valence-corrected chi connectivity index (χ2v) is 5.06. The van der Waals surface area contributed by atoms with E-state index >= 15 is 0 Å². The van der Waals surface area contributed by atoms with Gasteiger partial charge in [0.2, 0.25) is 0 Å². The van der Waals surface area contributed by atoms with Gasteiger partial charge < -0.3 is 5.11 Å². The molecule has 0 bridgehead atoms. The molecule has 0 aliphatic rings. The van der Waals surface area contributed by atoms with Crippen molar-refractivity contribution < 1.29 is 5.11 Å². The quantitative estimate of drug-likeness (QED) is 0.721. The number of aliphatic hydroxyl groups is 1. The Morgan fingerprint density at radius 1 is 0.842 bits per heavy atom. The molecular formula is C18H20O. The number of rotatable bonds is 2. The van der Waals surface area contributed by atoms with Gasteiger partial charge in [0.1, 0.15) is 0 Å². The summed E-state index contributed by atoms with van der Waals surface area (Å²) in [6.07, 6.45) is 0. The summed E-state index contributed by atoms with van der Waals surface area (Å²) in [5.74, 6) is 0.388. The average molecular weight is 252 g/mol. The van der Waals surface area contributed by atoms with Crippen LogP contribution in [0.1, 0.15) is 30.5 Å². The SMILES string of the molecule is C/C(O)=C(\C)c1c(C)cc(-c2ccccc2)cc1C. The highest BCUT2D eigenvalue weighted by atomic mass is 16.3. The van der Waals surface area contributed by atoms with Gasteiger partial charge in [-0.1, -0.05) is 42.5 Å². The first kappa shape index (κ1) is 13.4. The van der Waals surface area contributed by atoms with E-state index in [1.165, 1.54) is 22.3 Å². The lowest BCUT2D eigenvalue weighted by molar-refractivity contribution is 0.416. The zero-order valence-electron chi connectivity index (χ0n) is 12.0. The number of hydrogen-bond acceptors (Lipinski definition) is 1. The van der Waals surface area contributed by atoms with E-state index in [2.05, 4.69) is 50.2 Å². The van der Waals surface area contributed by atoms with Gasteiger partial charge in [0.05, 0.1) is 5.76 Å². The van der Waals surface area contributed by atoms with Crippen molar-refractivity contribution in [3.8, 4) is 11.1 Å². The van der Waals surface area contributed by atoms with E-state index in [4.69, 9.17) is 0 Å². The summed E-state index contributed by atoms with van der Waals surface area (Å²) in [7, 11) is 0. The Balaban J connectivity index is 2.58. The fraction of sp³-hybridized carbons (Fsp3) is 0.222. The third-order valence-corrected chi connectivity index (χ3v) is 3.56. The number of allylic oxidation sites excluding steroid dienone is 2. The molecule has 2 rings (SSSR count). The van der Waals surface area contributed by atoms with Crippen LogP contribution in [0.4, 0.5) is 0 Å². The summed E-state index contributed by atoms with van der Waals surface area (Å²) in [6, 6.07) is 14.7. The minimum Gasteiger partial charge on any atom is -0.512 e. The van der Waals surface area contributed by atoms with Gasteiger partial charge in [-0.2, -0.15) is 0 Å². The molecule has 0 unspecified atom stereocenters. The van der Waals surface area contributed by atoms with E-state index in [9.17, 15) is 5.11 Å². The number of hydrogen-bond donors (Lipinski definition) is 1. The normalized spacial score (nSPS) is 12.2. The zero-order valence-corrected chi connectivity index (χ0v) is 12.0. The molecule has 0 aromatic heterocycles. The van der Waals surface area contributed by atoms with Crippen LogP contribution in [0, 0.1) is 13.8 Å². The molecule has 0 heterocycles. The molecule has 1 N–H and O–H groups in total. The van der Waals surface area contributed by atoms with Crippen molar-refractivity contribution in [1.82, 2.24) is 0 Å². The molecule has 2 aromatic carbocycles. The van der Waals surface area contributed by atoms with Crippen LogP contribution in [-0.2, 0) is 0 Å². The molecule has 0 saturated heterocycles. The predicted molar refractivity (Wildman–Crippen MR) is 82.2 cm³/mol. The Morgan fingerprint density at radius 2 is 1.37 bits per heavy atom. The second-order valence-electron chi connectivity index (χ2n) is 5.06. The summed E-state index contributed by atoms with van der Waals surface area (Å²) in [5.41, 5.74) is 6.95. The van der Waals surface area contributed by atoms with E-state index in [0.717, 1.165) is 11.1 Å². The lowest BCUT2D eigenvalue weighted by Gasteiger charge is -2.14. The molecule has 98 valence electrons. The van der Waals surface area contributed by atoms with Gasteiger partial charge in [0.25, 0.3) is 0 Å². The van der Waals surface area contributed by atoms with Crippen LogP contribution < -0.4 is 0 Å². The standard InChI is InChI=1S/C18H20O/c1-12-10-17(16-8-6-5-7-9-16)11-13(2)18(12)14(3)15(4)19/h5-11,19H,1-4H3/b15-14-. The van der Waals surface area contributed by atoms with Crippen molar-refractivity contribution in [3.63, 3.8) is 0 Å². The third kappa shape index (κ3) is 2.70. The van der Waals surface area contributed by atoms with Gasteiger partial charge >= 0.3 is 0 Å². The molecule has 0 aliphatic heterocycles. The highest BCUT2D eigenvalue weighted by Gasteiger charge is 2.09. The first-order chi connectivity index (χ1) is 9.00. The van der Waals surface area contributed by atoms with E-state index in [1.807, 2.05) is 13.0 Å². The Kier molecular flexibility index (Phi) is 3.75. The van der Waals surface area contributed by atoms with Crippen molar-refractivity contribution in [2.45, 2.75) is 27.7 Å². The third-order valence-electron chi connectivity index (χ3n) is 3.56. The van der Waals surface area contributed by atoms with Gasteiger partial charge in [-0.3, -0.25) is 0 Å². The van der Waals surface area contributed by atoms with E-state index in [1.54, 1.807) is 6.92 Å². The predicted octanol–water partition coefficient (Wildman–Crippen LogP) is 5.28. The lowest BCUT2D eigenvalue weighted by atomic mass is 9.91. The average Bonchev–Trinajstić information content (AvgIpc) is 2.38. The number of aryl methyl sites for hydroxylation is 2. The van der Waals surface area contributed by atoms with Gasteiger partial charge in [-0.15, -0.1) is 0 Å². The number of aliphatic hydroxyl groups excluding tert-OH is 1. The van der Waals surface area contributed by atoms with Crippen LogP contribution in [0.25, 0.3) is 16.7 Å². The lowest BCUT2D eigenvalue weighted by Crippen LogP contribution is -1.95. The summed E-state index contributed by atoms with van der Waals surface area (Å²) in [5, 5.41) is 9.69. The fourth-order valence-electron chi connectivity index (χ4n) is 2.53.